The van der Waals surface area contributed by atoms with Gasteiger partial charge in [0.2, 0.25) is 0 Å². The zero-order valence-corrected chi connectivity index (χ0v) is 17.0. The summed E-state index contributed by atoms with van der Waals surface area (Å²) in [6, 6.07) is -7.71. The highest BCUT2D eigenvalue weighted by molar-refractivity contribution is 7.90. The van der Waals surface area contributed by atoms with Gasteiger partial charge in [0.15, 0.2) is 0 Å². The van der Waals surface area contributed by atoms with Crippen LogP contribution in [-0.2, 0) is 29.6 Å². The Labute approximate surface area is 174 Å². The molecule has 0 saturated carbocycles. The molecule has 1 N–H and O–H groups in total. The molecular formula is C12H14F9N3O6S2. The van der Waals surface area contributed by atoms with Crippen LogP contribution in [0.15, 0.2) is 0 Å². The van der Waals surface area contributed by atoms with E-state index in [9.17, 15) is 61.1 Å². The molecule has 0 spiro atoms. The fourth-order valence-electron chi connectivity index (χ4n) is 2.87. The minimum absolute atomic E-state index is 0.0230. The van der Waals surface area contributed by atoms with Gasteiger partial charge < -0.3 is 4.74 Å². The van der Waals surface area contributed by atoms with Crippen molar-refractivity contribution in [1.82, 2.24) is 13.9 Å². The van der Waals surface area contributed by atoms with Crippen LogP contribution in [0.5, 0.6) is 0 Å². The van der Waals surface area contributed by atoms with Gasteiger partial charge in [0.05, 0.1) is 6.61 Å². The van der Waals surface area contributed by atoms with E-state index in [-0.39, 0.29) is 17.3 Å². The van der Waals surface area contributed by atoms with Crippen LogP contribution in [0.3, 0.4) is 0 Å². The lowest BCUT2D eigenvalue weighted by molar-refractivity contribution is -0.285. The fourth-order valence-corrected chi connectivity index (χ4v) is 4.87. The van der Waals surface area contributed by atoms with Crippen LogP contribution in [0.4, 0.5) is 39.5 Å². The summed E-state index contributed by atoms with van der Waals surface area (Å²) < 4.78 is 168. The van der Waals surface area contributed by atoms with Gasteiger partial charge in [0, 0.05) is 32.6 Å². The summed E-state index contributed by atoms with van der Waals surface area (Å²) in [7, 11) is -13.9. The number of carbonyl (C=O) groups excluding carboxylic acids is 1. The second-order valence-corrected chi connectivity index (χ2v) is 10.3. The average molecular weight is 531 g/mol. The van der Waals surface area contributed by atoms with E-state index in [1.807, 2.05) is 0 Å². The SMILES string of the molecule is O=C1OCCC1N1CCN(S(=O)(=O)C(F)(F)C(F)(F)C(F)(F)NS(=O)(=O)C(F)(F)F)CC1. The zero-order valence-electron chi connectivity index (χ0n) is 15.4. The molecule has 9 nitrogen and oxygen atoms in total. The number of hydrogen-bond donors (Lipinski definition) is 1. The second kappa shape index (κ2) is 8.13. The van der Waals surface area contributed by atoms with Crippen molar-refractivity contribution in [2.45, 2.75) is 35.2 Å². The van der Waals surface area contributed by atoms with Gasteiger partial charge in [0.25, 0.3) is 10.0 Å². The third-order valence-corrected chi connectivity index (χ3v) is 7.70. The Morgan fingerprint density at radius 1 is 0.875 bits per heavy atom. The first-order valence-electron chi connectivity index (χ1n) is 8.33. The van der Waals surface area contributed by atoms with Crippen LogP contribution >= 0.6 is 0 Å². The van der Waals surface area contributed by atoms with E-state index in [4.69, 9.17) is 0 Å². The Balaban J connectivity index is 2.25. The quantitative estimate of drug-likeness (QED) is 0.290. The van der Waals surface area contributed by atoms with Crippen molar-refractivity contribution < 1.29 is 65.9 Å². The zero-order chi connectivity index (χ0) is 25.0. The molecule has 188 valence electrons. The van der Waals surface area contributed by atoms with Crippen molar-refractivity contribution in [1.29, 1.82) is 0 Å². The van der Waals surface area contributed by atoms with Crippen molar-refractivity contribution >= 4 is 26.0 Å². The Morgan fingerprint density at radius 3 is 1.78 bits per heavy atom. The number of hydrogen-bond acceptors (Lipinski definition) is 7. The van der Waals surface area contributed by atoms with E-state index in [2.05, 4.69) is 4.74 Å². The first kappa shape index (κ1) is 26.9. The smallest absolute Gasteiger partial charge is 0.464 e. The number of carbonyl (C=O) groups is 1. The van der Waals surface area contributed by atoms with Crippen LogP contribution in [0, 0.1) is 0 Å². The summed E-state index contributed by atoms with van der Waals surface area (Å²) in [5, 5.41) is -6.73. The molecule has 0 radical (unpaired) electrons. The van der Waals surface area contributed by atoms with E-state index in [1.165, 1.54) is 4.90 Å². The maximum Gasteiger partial charge on any atom is 0.511 e. The number of nitrogens with zero attached hydrogens (tertiary/aromatic N) is 2. The molecule has 2 aliphatic rings. The number of sulfonamides is 2. The summed E-state index contributed by atoms with van der Waals surface area (Å²) in [5.74, 6) is -7.83. The van der Waals surface area contributed by atoms with E-state index in [1.54, 1.807) is 0 Å². The van der Waals surface area contributed by atoms with Crippen LogP contribution in [0.1, 0.15) is 6.42 Å². The minimum atomic E-state index is -7.26. The van der Waals surface area contributed by atoms with Crippen molar-refractivity contribution in [3.8, 4) is 0 Å². The lowest BCUT2D eigenvalue weighted by Gasteiger charge is -2.39. The molecule has 2 aliphatic heterocycles. The first-order chi connectivity index (χ1) is 14.2. The molecule has 1 unspecified atom stereocenters. The van der Waals surface area contributed by atoms with Gasteiger partial charge in [0.1, 0.15) is 6.04 Å². The summed E-state index contributed by atoms with van der Waals surface area (Å²) in [6.45, 7) is -2.82. The maximum atomic E-state index is 14.1. The number of piperazine rings is 1. The second-order valence-electron chi connectivity index (χ2n) is 6.63. The highest BCUT2D eigenvalue weighted by atomic mass is 32.2. The number of esters is 1. The molecule has 2 heterocycles. The van der Waals surface area contributed by atoms with E-state index in [0.717, 1.165) is 0 Å². The van der Waals surface area contributed by atoms with Gasteiger partial charge in [-0.05, 0) is 0 Å². The third kappa shape index (κ3) is 4.38. The Hall–Kier alpha value is -1.38. The normalized spacial score (nSPS) is 23.4. The van der Waals surface area contributed by atoms with Crippen LogP contribution in [0.2, 0.25) is 0 Å². The highest BCUT2D eigenvalue weighted by Crippen LogP contribution is 2.49. The van der Waals surface area contributed by atoms with Gasteiger partial charge in [-0.2, -0.15) is 43.8 Å². The molecule has 20 heteroatoms. The van der Waals surface area contributed by atoms with Gasteiger partial charge in [-0.25, -0.2) is 16.8 Å². The molecule has 0 amide bonds. The topological polar surface area (TPSA) is 113 Å². The lowest BCUT2D eigenvalue weighted by Crippen LogP contribution is -2.68. The van der Waals surface area contributed by atoms with Crippen molar-refractivity contribution in [3.63, 3.8) is 0 Å². The Bertz CT molecular complexity index is 946. The van der Waals surface area contributed by atoms with Gasteiger partial charge in [-0.1, -0.05) is 0 Å². The monoisotopic (exact) mass is 531 g/mol. The maximum absolute atomic E-state index is 14.1. The number of rotatable bonds is 7. The molecule has 2 rings (SSSR count). The molecule has 0 aromatic heterocycles. The number of alkyl halides is 9. The predicted molar refractivity (Wildman–Crippen MR) is 84.4 cm³/mol. The molecule has 0 aromatic carbocycles. The van der Waals surface area contributed by atoms with Gasteiger partial charge in [-0.15, -0.1) is 4.72 Å². The molecule has 0 aliphatic carbocycles. The summed E-state index contributed by atoms with van der Waals surface area (Å²) in [5.41, 5.74) is -6.58. The van der Waals surface area contributed by atoms with E-state index < -0.39 is 85.7 Å². The fraction of sp³-hybridized carbons (Fsp3) is 0.917. The molecule has 2 saturated heterocycles. The minimum Gasteiger partial charge on any atom is -0.464 e. The summed E-state index contributed by atoms with van der Waals surface area (Å²) >= 11 is 0. The molecule has 0 aromatic rings. The Morgan fingerprint density at radius 2 is 1.38 bits per heavy atom. The number of halogens is 9. The van der Waals surface area contributed by atoms with Crippen molar-refractivity contribution in [2.24, 2.45) is 0 Å². The Kier molecular flexibility index (Phi) is 6.83. The van der Waals surface area contributed by atoms with Gasteiger partial charge in [-0.3, -0.25) is 9.69 Å². The first-order valence-corrected chi connectivity index (χ1v) is 11.3. The van der Waals surface area contributed by atoms with Crippen LogP contribution < -0.4 is 4.72 Å². The predicted octanol–water partition coefficient (Wildman–Crippen LogP) is 0.509. The summed E-state index contributed by atoms with van der Waals surface area (Å²) in [4.78, 5) is 12.8. The molecular weight excluding hydrogens is 517 g/mol. The number of ether oxygens (including phenoxy) is 1. The molecule has 2 fully saturated rings. The molecule has 32 heavy (non-hydrogen) atoms. The van der Waals surface area contributed by atoms with Crippen LogP contribution in [-0.4, -0.2) is 93.6 Å². The highest BCUT2D eigenvalue weighted by Gasteiger charge is 2.80. The van der Waals surface area contributed by atoms with Gasteiger partial charge >= 0.3 is 38.7 Å². The third-order valence-electron chi connectivity index (χ3n) is 4.61. The van der Waals surface area contributed by atoms with E-state index in [0.29, 0.717) is 0 Å². The average Bonchev–Trinajstić information content (AvgIpc) is 3.05. The van der Waals surface area contributed by atoms with Crippen molar-refractivity contribution in [3.05, 3.63) is 0 Å². The molecule has 1 atom stereocenters. The number of nitrogens with one attached hydrogen (secondary N) is 1. The van der Waals surface area contributed by atoms with Crippen molar-refractivity contribution in [2.75, 3.05) is 32.8 Å². The number of cyclic esters (lactones) is 1. The van der Waals surface area contributed by atoms with Crippen LogP contribution in [0.25, 0.3) is 0 Å². The van der Waals surface area contributed by atoms with E-state index >= 15 is 0 Å². The lowest BCUT2D eigenvalue weighted by atomic mass is 10.2. The largest absolute Gasteiger partial charge is 0.511 e. The standard InChI is InChI=1S/C12H14F9N3O6S2/c13-9(14,10(15,16)22-31(26,27)12(19,20)21)11(17,18)32(28,29)24-4-2-23(3-5-24)7-1-6-30-8(7)25/h7,22H,1-6H2. The molecule has 0 bridgehead atoms. The summed E-state index contributed by atoms with van der Waals surface area (Å²) in [6.07, 6.45) is 0.172.